The summed E-state index contributed by atoms with van der Waals surface area (Å²) in [6.07, 6.45) is 3.73. The van der Waals surface area contributed by atoms with Gasteiger partial charge in [-0.15, -0.1) is 0 Å². The van der Waals surface area contributed by atoms with Crippen molar-refractivity contribution in [2.75, 3.05) is 0 Å². The van der Waals surface area contributed by atoms with E-state index in [0.717, 1.165) is 12.8 Å². The fourth-order valence-corrected chi connectivity index (χ4v) is 5.41. The number of aliphatic hydroxyl groups is 1. The zero-order valence-electron chi connectivity index (χ0n) is 11.4. The molecule has 3 aliphatic carbocycles. The smallest absolute Gasteiger partial charge is 0.138 e. The van der Waals surface area contributed by atoms with Crippen molar-refractivity contribution >= 4 is 5.78 Å². The Hall–Kier alpha value is -0.370. The minimum absolute atomic E-state index is 0.0420. The van der Waals surface area contributed by atoms with Crippen LogP contribution in [0.15, 0.2) is 0 Å². The summed E-state index contributed by atoms with van der Waals surface area (Å²) in [4.78, 5) is 12.3. The summed E-state index contributed by atoms with van der Waals surface area (Å²) < 4.78 is 0. The van der Waals surface area contributed by atoms with Crippen molar-refractivity contribution in [3.05, 3.63) is 0 Å². The van der Waals surface area contributed by atoms with Crippen molar-refractivity contribution in [3.8, 4) is 0 Å². The normalized spacial score (nSPS) is 56.1. The van der Waals surface area contributed by atoms with Gasteiger partial charge >= 0.3 is 0 Å². The highest BCUT2D eigenvalue weighted by Gasteiger charge is 2.71. The third-order valence-electron chi connectivity index (χ3n) is 6.95. The number of rotatable bonds is 0. The Labute approximate surface area is 104 Å². The van der Waals surface area contributed by atoms with Gasteiger partial charge in [0, 0.05) is 17.8 Å². The summed E-state index contributed by atoms with van der Waals surface area (Å²) in [7, 11) is 0. The number of aliphatic hydroxyl groups excluding tert-OH is 1. The Morgan fingerprint density at radius 1 is 1.12 bits per heavy atom. The molecule has 0 aromatic carbocycles. The number of ketones is 1. The molecule has 3 aliphatic rings. The molecule has 1 N–H and O–H groups in total. The third kappa shape index (κ3) is 1.05. The maximum Gasteiger partial charge on any atom is 0.138 e. The topological polar surface area (TPSA) is 37.3 Å². The van der Waals surface area contributed by atoms with Crippen LogP contribution in [-0.4, -0.2) is 17.0 Å². The van der Waals surface area contributed by atoms with E-state index in [4.69, 9.17) is 0 Å². The highest BCUT2D eigenvalue weighted by Crippen LogP contribution is 2.73. The lowest BCUT2D eigenvalue weighted by Crippen LogP contribution is -2.47. The second-order valence-corrected chi connectivity index (χ2v) is 7.60. The minimum Gasteiger partial charge on any atom is -0.392 e. The molecule has 3 rings (SSSR count). The lowest BCUT2D eigenvalue weighted by molar-refractivity contribution is -0.137. The van der Waals surface area contributed by atoms with Crippen LogP contribution in [0, 0.1) is 28.1 Å². The minimum atomic E-state index is -0.333. The summed E-state index contributed by atoms with van der Waals surface area (Å²) >= 11 is 0. The molecule has 0 aromatic rings. The van der Waals surface area contributed by atoms with E-state index >= 15 is 0 Å². The average molecular weight is 236 g/mol. The van der Waals surface area contributed by atoms with Gasteiger partial charge < -0.3 is 5.11 Å². The van der Waals surface area contributed by atoms with Gasteiger partial charge in [0.1, 0.15) is 5.78 Å². The molecule has 5 atom stereocenters. The molecule has 0 amide bonds. The maximum absolute atomic E-state index is 12.3. The summed E-state index contributed by atoms with van der Waals surface area (Å²) in [5.41, 5.74) is -0.110. The molecule has 3 saturated carbocycles. The first-order valence-corrected chi connectivity index (χ1v) is 6.96. The summed E-state index contributed by atoms with van der Waals surface area (Å²) in [5.74, 6) is 1.09. The molecule has 0 unspecified atom stereocenters. The molecule has 0 saturated heterocycles. The zero-order valence-corrected chi connectivity index (χ0v) is 11.4. The van der Waals surface area contributed by atoms with Gasteiger partial charge in [0.05, 0.1) is 6.10 Å². The fourth-order valence-electron chi connectivity index (χ4n) is 5.41. The number of carbonyl (C=O) groups is 1. The Morgan fingerprint density at radius 2 is 1.76 bits per heavy atom. The number of Topliss-reactive ketones (excluding diaryl/α,β-unsaturated/α-hetero) is 1. The largest absolute Gasteiger partial charge is 0.392 e. The van der Waals surface area contributed by atoms with Gasteiger partial charge in [-0.3, -0.25) is 4.79 Å². The maximum atomic E-state index is 12.3. The van der Waals surface area contributed by atoms with E-state index in [1.807, 2.05) is 0 Å². The summed E-state index contributed by atoms with van der Waals surface area (Å²) in [6.45, 7) is 8.68. The highest BCUT2D eigenvalue weighted by atomic mass is 16.3. The van der Waals surface area contributed by atoms with E-state index in [1.54, 1.807) is 0 Å². The second kappa shape index (κ2) is 2.96. The van der Waals surface area contributed by atoms with Crippen LogP contribution in [-0.2, 0) is 4.79 Å². The number of hydrogen-bond acceptors (Lipinski definition) is 2. The molecule has 3 fully saturated rings. The Balaban J connectivity index is 2.16. The van der Waals surface area contributed by atoms with Crippen LogP contribution in [0.1, 0.15) is 53.4 Å². The van der Waals surface area contributed by atoms with Gasteiger partial charge in [0.25, 0.3) is 0 Å². The first kappa shape index (κ1) is 11.7. The summed E-state index contributed by atoms with van der Waals surface area (Å²) in [6, 6.07) is 0. The van der Waals surface area contributed by atoms with Crippen molar-refractivity contribution in [1.29, 1.82) is 0 Å². The molecule has 0 spiro atoms. The zero-order chi connectivity index (χ0) is 12.6. The molecule has 2 nitrogen and oxygen atoms in total. The quantitative estimate of drug-likeness (QED) is 0.702. The molecule has 0 heterocycles. The molecule has 0 aromatic heterocycles. The van der Waals surface area contributed by atoms with E-state index in [9.17, 15) is 9.90 Å². The van der Waals surface area contributed by atoms with Crippen molar-refractivity contribution in [2.45, 2.75) is 59.5 Å². The predicted octanol–water partition coefficient (Wildman–Crippen LogP) is 2.79. The molecular formula is C15H24O2. The van der Waals surface area contributed by atoms with E-state index in [1.165, 1.54) is 6.42 Å². The third-order valence-corrected chi connectivity index (χ3v) is 6.95. The monoisotopic (exact) mass is 236 g/mol. The van der Waals surface area contributed by atoms with Crippen LogP contribution in [0.5, 0.6) is 0 Å². The van der Waals surface area contributed by atoms with E-state index < -0.39 is 0 Å². The van der Waals surface area contributed by atoms with Crippen molar-refractivity contribution in [3.63, 3.8) is 0 Å². The van der Waals surface area contributed by atoms with Crippen molar-refractivity contribution in [1.82, 2.24) is 0 Å². The van der Waals surface area contributed by atoms with Gasteiger partial charge in [-0.1, -0.05) is 27.7 Å². The van der Waals surface area contributed by atoms with Gasteiger partial charge in [-0.25, -0.2) is 0 Å². The van der Waals surface area contributed by atoms with E-state index in [2.05, 4.69) is 27.7 Å². The number of hydrogen-bond donors (Lipinski definition) is 1. The standard InChI is InChI=1S/C15H24O2/c1-13(2)10(16)6-8-14(3)9-5-7-15(14,4)12(17)11(9)13/h9,11-12,17H,5-8H2,1-4H3/t9-,11-,12+,14+,15+/m0/s1. The van der Waals surface area contributed by atoms with Crippen molar-refractivity contribution in [2.24, 2.45) is 28.1 Å². The van der Waals surface area contributed by atoms with Crippen LogP contribution in [0.2, 0.25) is 0 Å². The lowest BCUT2D eigenvalue weighted by atomic mass is 9.62. The summed E-state index contributed by atoms with van der Waals surface area (Å²) in [5, 5.41) is 10.7. The Bertz CT molecular complexity index is 386. The number of carbonyl (C=O) groups excluding carboxylic acids is 1. The van der Waals surface area contributed by atoms with E-state index in [-0.39, 0.29) is 28.3 Å². The SMILES string of the molecule is CC1(C)C(=O)CC[C@]2(C)[C@H]3CC[C@]2(C)[C@H](O)[C@H]31. The van der Waals surface area contributed by atoms with Crippen LogP contribution in [0.25, 0.3) is 0 Å². The van der Waals surface area contributed by atoms with Crippen LogP contribution in [0.3, 0.4) is 0 Å². The lowest BCUT2D eigenvalue weighted by Gasteiger charge is -2.43. The van der Waals surface area contributed by atoms with Gasteiger partial charge in [-0.05, 0) is 36.0 Å². The van der Waals surface area contributed by atoms with Crippen LogP contribution in [0.4, 0.5) is 0 Å². The Kier molecular flexibility index (Phi) is 2.04. The average Bonchev–Trinajstić information content (AvgIpc) is 2.56. The molecule has 96 valence electrons. The van der Waals surface area contributed by atoms with E-state index in [0.29, 0.717) is 18.1 Å². The first-order chi connectivity index (χ1) is 7.75. The second-order valence-electron chi connectivity index (χ2n) is 7.60. The molecule has 4 bridgehead atoms. The van der Waals surface area contributed by atoms with Gasteiger partial charge in [0.15, 0.2) is 0 Å². The molecule has 0 radical (unpaired) electrons. The molecule has 0 aliphatic heterocycles. The molecule has 17 heavy (non-hydrogen) atoms. The van der Waals surface area contributed by atoms with Crippen molar-refractivity contribution < 1.29 is 9.90 Å². The fraction of sp³-hybridized carbons (Fsp3) is 0.933. The predicted molar refractivity (Wildman–Crippen MR) is 66.5 cm³/mol. The highest BCUT2D eigenvalue weighted by molar-refractivity contribution is 5.85. The van der Waals surface area contributed by atoms with Crippen LogP contribution >= 0.6 is 0 Å². The van der Waals surface area contributed by atoms with Gasteiger partial charge in [-0.2, -0.15) is 0 Å². The Morgan fingerprint density at radius 3 is 2.41 bits per heavy atom. The van der Waals surface area contributed by atoms with Crippen LogP contribution < -0.4 is 0 Å². The van der Waals surface area contributed by atoms with Gasteiger partial charge in [0.2, 0.25) is 0 Å². The first-order valence-electron chi connectivity index (χ1n) is 6.96. The molecule has 2 heteroatoms. The molecular weight excluding hydrogens is 212 g/mol.